The monoisotopic (exact) mass is 562 g/mol. The summed E-state index contributed by atoms with van der Waals surface area (Å²) in [6, 6.07) is 19.6. The van der Waals surface area contributed by atoms with Crippen LogP contribution >= 0.6 is 11.6 Å². The van der Waals surface area contributed by atoms with E-state index in [0.717, 1.165) is 31.6 Å². The van der Waals surface area contributed by atoms with E-state index in [1.54, 1.807) is 35.2 Å². The molecule has 3 aromatic rings. The Morgan fingerprint density at radius 1 is 0.950 bits per heavy atom. The fourth-order valence-electron chi connectivity index (χ4n) is 5.64. The molecule has 2 aliphatic heterocycles. The Morgan fingerprint density at radius 2 is 1.65 bits per heavy atom. The number of hydrogen-bond donors (Lipinski definition) is 2. The fraction of sp³-hybridized carbons (Fsp3) is 0.323. The van der Waals surface area contributed by atoms with Crippen molar-refractivity contribution in [3.8, 4) is 0 Å². The molecule has 7 nitrogen and oxygen atoms in total. The fourth-order valence-corrected chi connectivity index (χ4v) is 5.89. The number of nitrogens with zero attached hydrogens (tertiary/aromatic N) is 2. The quantitative estimate of drug-likeness (QED) is 0.378. The third-order valence-corrected chi connectivity index (χ3v) is 7.94. The number of likely N-dealkylation sites (tertiary alicyclic amines) is 1. The van der Waals surface area contributed by atoms with Gasteiger partial charge in [-0.05, 0) is 66.9 Å². The van der Waals surface area contributed by atoms with Crippen molar-refractivity contribution in [1.29, 1.82) is 0 Å². The van der Waals surface area contributed by atoms with Crippen LogP contribution in [0, 0.1) is 17.7 Å². The number of carbonyl (C=O) groups excluding carboxylic acids is 3. The SMILES string of the molecule is CC(=O)Nc1ccc(C(=O)NCCCc2cccc(N3CC4CN(C(=O)c5c(F)cccc5Cl)CC4C3)c2)cc1. The van der Waals surface area contributed by atoms with Gasteiger partial charge in [0.15, 0.2) is 0 Å². The molecule has 2 saturated heterocycles. The number of benzene rings is 3. The summed E-state index contributed by atoms with van der Waals surface area (Å²) in [5.41, 5.74) is 3.53. The van der Waals surface area contributed by atoms with Crippen LogP contribution in [0.3, 0.4) is 0 Å². The van der Waals surface area contributed by atoms with Gasteiger partial charge >= 0.3 is 0 Å². The molecule has 2 unspecified atom stereocenters. The lowest BCUT2D eigenvalue weighted by molar-refractivity contribution is -0.114. The largest absolute Gasteiger partial charge is 0.371 e. The molecule has 40 heavy (non-hydrogen) atoms. The van der Waals surface area contributed by atoms with Crippen molar-refractivity contribution in [3.05, 3.63) is 94.3 Å². The molecule has 3 aromatic carbocycles. The summed E-state index contributed by atoms with van der Waals surface area (Å²) in [6.45, 7) is 4.89. The van der Waals surface area contributed by atoms with E-state index in [9.17, 15) is 18.8 Å². The third-order valence-electron chi connectivity index (χ3n) is 7.62. The number of amides is 3. The molecule has 2 fully saturated rings. The van der Waals surface area contributed by atoms with Crippen LogP contribution in [-0.4, -0.2) is 55.3 Å². The molecule has 0 spiro atoms. The van der Waals surface area contributed by atoms with Crippen LogP contribution in [0.2, 0.25) is 5.02 Å². The zero-order valence-corrected chi connectivity index (χ0v) is 23.1. The number of rotatable bonds is 8. The maximum absolute atomic E-state index is 14.3. The van der Waals surface area contributed by atoms with Gasteiger partial charge in [0.1, 0.15) is 5.82 Å². The number of hydrogen-bond acceptors (Lipinski definition) is 4. The van der Waals surface area contributed by atoms with Gasteiger partial charge in [-0.1, -0.05) is 29.8 Å². The molecule has 2 heterocycles. The molecule has 0 saturated carbocycles. The molecular weight excluding hydrogens is 531 g/mol. The Balaban J connectivity index is 1.09. The highest BCUT2D eigenvalue weighted by Crippen LogP contribution is 2.35. The number of halogens is 2. The maximum atomic E-state index is 14.3. The zero-order chi connectivity index (χ0) is 28.2. The number of carbonyl (C=O) groups is 3. The number of nitrogens with one attached hydrogen (secondary N) is 2. The van der Waals surface area contributed by atoms with E-state index in [1.807, 2.05) is 0 Å². The van der Waals surface area contributed by atoms with Crippen molar-refractivity contribution in [2.45, 2.75) is 19.8 Å². The Morgan fingerprint density at radius 3 is 2.33 bits per heavy atom. The summed E-state index contributed by atoms with van der Waals surface area (Å²) < 4.78 is 14.3. The van der Waals surface area contributed by atoms with Gasteiger partial charge < -0.3 is 20.4 Å². The highest BCUT2D eigenvalue weighted by atomic mass is 35.5. The maximum Gasteiger partial charge on any atom is 0.258 e. The van der Waals surface area contributed by atoms with E-state index in [0.29, 0.717) is 42.7 Å². The van der Waals surface area contributed by atoms with Crippen molar-refractivity contribution in [2.24, 2.45) is 11.8 Å². The Labute approximate surface area is 238 Å². The molecule has 3 amide bonds. The predicted molar refractivity (Wildman–Crippen MR) is 154 cm³/mol. The van der Waals surface area contributed by atoms with E-state index in [2.05, 4.69) is 39.8 Å². The van der Waals surface area contributed by atoms with Gasteiger partial charge in [-0.15, -0.1) is 0 Å². The molecule has 0 aliphatic carbocycles. The first-order valence-corrected chi connectivity index (χ1v) is 13.9. The van der Waals surface area contributed by atoms with Crippen LogP contribution in [0.5, 0.6) is 0 Å². The third kappa shape index (κ3) is 6.28. The number of fused-ring (bicyclic) bond motifs is 1. The van der Waals surface area contributed by atoms with E-state index in [4.69, 9.17) is 11.6 Å². The molecule has 2 atom stereocenters. The van der Waals surface area contributed by atoms with Crippen LogP contribution in [0.1, 0.15) is 39.6 Å². The van der Waals surface area contributed by atoms with Crippen LogP contribution in [0.15, 0.2) is 66.7 Å². The van der Waals surface area contributed by atoms with Gasteiger partial charge in [-0.25, -0.2) is 4.39 Å². The van der Waals surface area contributed by atoms with Gasteiger partial charge in [0.05, 0.1) is 10.6 Å². The first-order valence-electron chi connectivity index (χ1n) is 13.5. The van der Waals surface area contributed by atoms with Crippen molar-refractivity contribution >= 4 is 40.7 Å². The minimum absolute atomic E-state index is 0.0373. The minimum Gasteiger partial charge on any atom is -0.371 e. The average molecular weight is 563 g/mol. The van der Waals surface area contributed by atoms with E-state index < -0.39 is 5.82 Å². The van der Waals surface area contributed by atoms with Crippen LogP contribution in [-0.2, 0) is 11.2 Å². The highest BCUT2D eigenvalue weighted by Gasteiger charge is 2.42. The molecule has 0 bridgehead atoms. The van der Waals surface area contributed by atoms with E-state index in [1.165, 1.54) is 24.6 Å². The number of anilines is 2. The normalized spacial score (nSPS) is 18.0. The predicted octanol–water partition coefficient (Wildman–Crippen LogP) is 5.01. The second-order valence-corrected chi connectivity index (χ2v) is 10.9. The Bertz CT molecular complexity index is 1380. The molecular formula is C31H32ClFN4O3. The summed E-state index contributed by atoms with van der Waals surface area (Å²) in [4.78, 5) is 40.6. The molecule has 0 radical (unpaired) electrons. The molecule has 0 aromatic heterocycles. The standard InChI is InChI=1S/C31H32ClFN4O3/c1-20(38)35-25-12-10-22(11-13-25)30(39)34-14-4-6-21-5-2-7-26(15-21)36-16-23-18-37(19-24(23)17-36)31(40)29-27(32)8-3-9-28(29)33/h2-3,5,7-13,15,23-24H,4,6,14,16-19H2,1H3,(H,34,39)(H,35,38). The van der Waals surface area contributed by atoms with E-state index in [-0.39, 0.29) is 28.3 Å². The molecule has 9 heteroatoms. The van der Waals surface area contributed by atoms with Crippen LogP contribution < -0.4 is 15.5 Å². The Kier molecular flexibility index (Phi) is 8.35. The van der Waals surface area contributed by atoms with Crippen molar-refractivity contribution in [1.82, 2.24) is 10.2 Å². The average Bonchev–Trinajstić information content (AvgIpc) is 3.51. The zero-order valence-electron chi connectivity index (χ0n) is 22.3. The second-order valence-electron chi connectivity index (χ2n) is 10.5. The lowest BCUT2D eigenvalue weighted by Gasteiger charge is -2.24. The lowest BCUT2D eigenvalue weighted by Crippen LogP contribution is -2.34. The Hall–Kier alpha value is -3.91. The minimum atomic E-state index is -0.579. The first kappa shape index (κ1) is 27.6. The topological polar surface area (TPSA) is 81.8 Å². The first-order chi connectivity index (χ1) is 19.3. The number of aryl methyl sites for hydroxylation is 1. The van der Waals surface area contributed by atoms with Gasteiger partial charge in [0, 0.05) is 68.4 Å². The summed E-state index contributed by atoms with van der Waals surface area (Å²) in [7, 11) is 0. The van der Waals surface area contributed by atoms with Gasteiger partial charge in [-0.3, -0.25) is 14.4 Å². The summed E-state index contributed by atoms with van der Waals surface area (Å²) in [6.07, 6.45) is 1.64. The van der Waals surface area contributed by atoms with Crippen molar-refractivity contribution < 1.29 is 18.8 Å². The smallest absolute Gasteiger partial charge is 0.258 e. The molecule has 2 aliphatic rings. The summed E-state index contributed by atoms with van der Waals surface area (Å²) in [5, 5.41) is 5.79. The van der Waals surface area contributed by atoms with Gasteiger partial charge in [-0.2, -0.15) is 0 Å². The van der Waals surface area contributed by atoms with Crippen LogP contribution in [0.25, 0.3) is 0 Å². The summed E-state index contributed by atoms with van der Waals surface area (Å²) >= 11 is 6.12. The highest BCUT2D eigenvalue weighted by molar-refractivity contribution is 6.33. The van der Waals surface area contributed by atoms with Crippen LogP contribution in [0.4, 0.5) is 15.8 Å². The molecule has 208 valence electrons. The second kappa shape index (κ2) is 12.1. The van der Waals surface area contributed by atoms with E-state index >= 15 is 0 Å². The van der Waals surface area contributed by atoms with Gasteiger partial charge in [0.25, 0.3) is 11.8 Å². The van der Waals surface area contributed by atoms with Crippen molar-refractivity contribution in [3.63, 3.8) is 0 Å². The molecule has 2 N–H and O–H groups in total. The summed E-state index contributed by atoms with van der Waals surface area (Å²) in [5.74, 6) is -0.539. The van der Waals surface area contributed by atoms with Crippen molar-refractivity contribution in [2.75, 3.05) is 42.9 Å². The molecule has 5 rings (SSSR count). The lowest BCUT2D eigenvalue weighted by atomic mass is 10.0. The van der Waals surface area contributed by atoms with Gasteiger partial charge in [0.2, 0.25) is 5.91 Å².